The van der Waals surface area contributed by atoms with E-state index in [1.54, 1.807) is 17.5 Å². The van der Waals surface area contributed by atoms with Gasteiger partial charge in [0.25, 0.3) is 10.0 Å². The molecule has 2 rings (SSSR count). The monoisotopic (exact) mass is 310 g/mol. The number of benzene rings is 1. The fourth-order valence-electron chi connectivity index (χ4n) is 1.83. The summed E-state index contributed by atoms with van der Waals surface area (Å²) in [6.07, 6.45) is 0. The Morgan fingerprint density at radius 3 is 2.70 bits per heavy atom. The second kappa shape index (κ2) is 5.95. The maximum Gasteiger partial charge on any atom is 0.262 e. The van der Waals surface area contributed by atoms with Crippen molar-refractivity contribution in [1.82, 2.24) is 5.32 Å². The van der Waals surface area contributed by atoms with Gasteiger partial charge in [-0.05, 0) is 44.2 Å². The molecule has 20 heavy (non-hydrogen) atoms. The van der Waals surface area contributed by atoms with Crippen LogP contribution in [0.15, 0.2) is 34.5 Å². The highest BCUT2D eigenvalue weighted by molar-refractivity contribution is 7.92. The van der Waals surface area contributed by atoms with Gasteiger partial charge in [0.2, 0.25) is 0 Å². The maximum absolute atomic E-state index is 12.4. The lowest BCUT2D eigenvalue weighted by atomic mass is 10.1. The van der Waals surface area contributed by atoms with Crippen molar-refractivity contribution in [3.05, 3.63) is 45.6 Å². The van der Waals surface area contributed by atoms with Gasteiger partial charge in [-0.15, -0.1) is 11.3 Å². The van der Waals surface area contributed by atoms with Gasteiger partial charge in [0, 0.05) is 16.8 Å². The van der Waals surface area contributed by atoms with Gasteiger partial charge in [0.1, 0.15) is 0 Å². The summed E-state index contributed by atoms with van der Waals surface area (Å²) < 4.78 is 27.4. The van der Waals surface area contributed by atoms with Crippen LogP contribution in [0.5, 0.6) is 0 Å². The molecule has 0 spiro atoms. The molecule has 108 valence electrons. The van der Waals surface area contributed by atoms with E-state index >= 15 is 0 Å². The molecule has 0 saturated heterocycles. The average molecular weight is 310 g/mol. The van der Waals surface area contributed by atoms with E-state index in [0.717, 1.165) is 16.0 Å². The summed E-state index contributed by atoms with van der Waals surface area (Å²) in [5.41, 5.74) is 2.64. The first-order valence-corrected chi connectivity index (χ1v) is 8.61. The predicted octanol–water partition coefficient (Wildman–Crippen LogP) is 2.89. The Morgan fingerprint density at radius 2 is 2.00 bits per heavy atom. The third-order valence-electron chi connectivity index (χ3n) is 3.14. The van der Waals surface area contributed by atoms with Crippen molar-refractivity contribution in [3.8, 4) is 0 Å². The Balaban J connectivity index is 2.28. The van der Waals surface area contributed by atoms with Crippen molar-refractivity contribution in [3.63, 3.8) is 0 Å². The molecule has 0 atom stereocenters. The van der Waals surface area contributed by atoms with Crippen molar-refractivity contribution < 1.29 is 8.42 Å². The molecule has 0 amide bonds. The van der Waals surface area contributed by atoms with Gasteiger partial charge >= 0.3 is 0 Å². The topological polar surface area (TPSA) is 58.2 Å². The van der Waals surface area contributed by atoms with E-state index < -0.39 is 10.0 Å². The Morgan fingerprint density at radius 1 is 1.25 bits per heavy atom. The Bertz CT molecular complexity index is 706. The number of aryl methyl sites for hydroxylation is 1. The van der Waals surface area contributed by atoms with Crippen LogP contribution in [0.3, 0.4) is 0 Å². The Labute approximate surface area is 123 Å². The lowest BCUT2D eigenvalue weighted by molar-refractivity contribution is 0.601. The predicted molar refractivity (Wildman–Crippen MR) is 83.8 cm³/mol. The van der Waals surface area contributed by atoms with Crippen LogP contribution in [-0.2, 0) is 16.6 Å². The molecule has 0 fully saturated rings. The number of sulfonamides is 1. The van der Waals surface area contributed by atoms with Crippen LogP contribution in [0, 0.1) is 13.8 Å². The van der Waals surface area contributed by atoms with E-state index in [0.29, 0.717) is 17.1 Å². The molecule has 1 aromatic carbocycles. The number of thiophene rings is 1. The average Bonchev–Trinajstić information content (AvgIpc) is 2.85. The quantitative estimate of drug-likeness (QED) is 0.893. The standard InChI is InChI=1S/C14H18N2O2S2/c1-10-5-4-6-14(11(10)2)16-20(17,18)13-7-12(8-15-3)19-9-13/h4-7,9,15-16H,8H2,1-3H3. The molecular formula is C14H18N2O2S2. The van der Waals surface area contributed by atoms with E-state index in [2.05, 4.69) is 10.0 Å². The van der Waals surface area contributed by atoms with Crippen LogP contribution in [-0.4, -0.2) is 15.5 Å². The molecule has 0 unspecified atom stereocenters. The summed E-state index contributed by atoms with van der Waals surface area (Å²) in [7, 11) is -1.68. The second-order valence-electron chi connectivity index (χ2n) is 4.63. The summed E-state index contributed by atoms with van der Waals surface area (Å²) in [6.45, 7) is 4.54. The molecule has 4 nitrogen and oxygen atoms in total. The number of hydrogen-bond donors (Lipinski definition) is 2. The molecular weight excluding hydrogens is 292 g/mol. The lowest BCUT2D eigenvalue weighted by Gasteiger charge is -2.11. The van der Waals surface area contributed by atoms with E-state index in [1.807, 2.05) is 33.0 Å². The maximum atomic E-state index is 12.4. The summed E-state index contributed by atoms with van der Waals surface area (Å²) in [5, 5.41) is 4.68. The molecule has 0 aliphatic heterocycles. The van der Waals surface area contributed by atoms with Crippen LogP contribution in [0.2, 0.25) is 0 Å². The first-order chi connectivity index (χ1) is 9.44. The fraction of sp³-hybridized carbons (Fsp3) is 0.286. The third-order valence-corrected chi connectivity index (χ3v) is 5.57. The van der Waals surface area contributed by atoms with Gasteiger partial charge in [-0.1, -0.05) is 12.1 Å². The van der Waals surface area contributed by atoms with Gasteiger partial charge in [0.05, 0.1) is 10.6 Å². The highest BCUT2D eigenvalue weighted by Gasteiger charge is 2.17. The number of nitrogens with one attached hydrogen (secondary N) is 2. The van der Waals surface area contributed by atoms with Crippen molar-refractivity contribution in [1.29, 1.82) is 0 Å². The van der Waals surface area contributed by atoms with Crippen LogP contribution >= 0.6 is 11.3 Å². The largest absolute Gasteiger partial charge is 0.315 e. The van der Waals surface area contributed by atoms with E-state index in [9.17, 15) is 8.42 Å². The number of rotatable bonds is 5. The summed E-state index contributed by atoms with van der Waals surface area (Å²) in [5.74, 6) is 0. The first-order valence-electron chi connectivity index (χ1n) is 6.25. The zero-order valence-corrected chi connectivity index (χ0v) is 13.4. The first kappa shape index (κ1) is 15.0. The zero-order valence-electron chi connectivity index (χ0n) is 11.7. The summed E-state index contributed by atoms with van der Waals surface area (Å²) >= 11 is 1.44. The molecule has 2 N–H and O–H groups in total. The molecule has 0 aliphatic carbocycles. The number of hydrogen-bond acceptors (Lipinski definition) is 4. The highest BCUT2D eigenvalue weighted by Crippen LogP contribution is 2.24. The van der Waals surface area contributed by atoms with Crippen molar-refractivity contribution in [2.24, 2.45) is 0 Å². The minimum absolute atomic E-state index is 0.314. The SMILES string of the molecule is CNCc1cc(S(=O)(=O)Nc2cccc(C)c2C)cs1. The summed E-state index contributed by atoms with van der Waals surface area (Å²) in [6, 6.07) is 7.29. The molecule has 6 heteroatoms. The fourth-order valence-corrected chi connectivity index (χ4v) is 4.24. The molecule has 0 bridgehead atoms. The molecule has 1 heterocycles. The molecule has 1 aromatic heterocycles. The van der Waals surface area contributed by atoms with Gasteiger partial charge in [-0.25, -0.2) is 8.42 Å². The van der Waals surface area contributed by atoms with Crippen LogP contribution in [0.4, 0.5) is 5.69 Å². The Hall–Kier alpha value is -1.37. The van der Waals surface area contributed by atoms with Crippen molar-refractivity contribution in [2.45, 2.75) is 25.3 Å². The lowest BCUT2D eigenvalue weighted by Crippen LogP contribution is -2.13. The van der Waals surface area contributed by atoms with Crippen LogP contribution < -0.4 is 10.0 Å². The molecule has 0 radical (unpaired) electrons. The van der Waals surface area contributed by atoms with E-state index in [1.165, 1.54) is 11.3 Å². The van der Waals surface area contributed by atoms with Gasteiger partial charge < -0.3 is 5.32 Å². The van der Waals surface area contributed by atoms with E-state index in [-0.39, 0.29) is 0 Å². The normalized spacial score (nSPS) is 11.6. The molecule has 0 saturated carbocycles. The Kier molecular flexibility index (Phi) is 4.47. The zero-order chi connectivity index (χ0) is 14.8. The molecule has 0 aliphatic rings. The third kappa shape index (κ3) is 3.20. The smallest absolute Gasteiger partial charge is 0.262 e. The summed E-state index contributed by atoms with van der Waals surface area (Å²) in [4.78, 5) is 1.31. The minimum Gasteiger partial charge on any atom is -0.315 e. The van der Waals surface area contributed by atoms with Crippen molar-refractivity contribution in [2.75, 3.05) is 11.8 Å². The van der Waals surface area contributed by atoms with Crippen molar-refractivity contribution >= 4 is 27.0 Å². The van der Waals surface area contributed by atoms with E-state index in [4.69, 9.17) is 0 Å². The second-order valence-corrected chi connectivity index (χ2v) is 7.31. The van der Waals surface area contributed by atoms with Crippen LogP contribution in [0.1, 0.15) is 16.0 Å². The number of anilines is 1. The highest BCUT2D eigenvalue weighted by atomic mass is 32.2. The van der Waals surface area contributed by atoms with Crippen LogP contribution in [0.25, 0.3) is 0 Å². The van der Waals surface area contributed by atoms with Gasteiger partial charge in [0.15, 0.2) is 0 Å². The van der Waals surface area contributed by atoms with Gasteiger partial charge in [-0.2, -0.15) is 0 Å². The molecule has 2 aromatic rings. The minimum atomic E-state index is -3.52. The van der Waals surface area contributed by atoms with Gasteiger partial charge in [-0.3, -0.25) is 4.72 Å².